The topological polar surface area (TPSA) is 60.8 Å². The summed E-state index contributed by atoms with van der Waals surface area (Å²) >= 11 is 0. The summed E-state index contributed by atoms with van der Waals surface area (Å²) in [6.45, 7) is 3.79. The highest BCUT2D eigenvalue weighted by Crippen LogP contribution is 2.45. The number of aromatic nitrogens is 1. The third kappa shape index (κ3) is 3.48. The number of para-hydroxylation sites is 1. The Kier molecular flexibility index (Phi) is 5.32. The number of likely N-dealkylation sites (tertiary alicyclic amines) is 1. The smallest absolute Gasteiger partial charge is 0.339 e. The number of carbonyl (C=O) groups excluding carboxylic acids is 2. The van der Waals surface area contributed by atoms with Gasteiger partial charge in [-0.25, -0.2) is 4.79 Å². The number of methoxy groups -OCH3 is 1. The van der Waals surface area contributed by atoms with Gasteiger partial charge in [0.2, 0.25) is 0 Å². The number of ether oxygens (including phenoxy) is 2. The molecule has 1 aromatic heterocycles. The van der Waals surface area contributed by atoms with Crippen molar-refractivity contribution in [1.82, 2.24) is 9.47 Å². The fourth-order valence-electron chi connectivity index (χ4n) is 5.78. The van der Waals surface area contributed by atoms with Gasteiger partial charge in [0.15, 0.2) is 0 Å². The molecule has 1 amide bonds. The molecule has 1 spiro atoms. The molecule has 2 aliphatic heterocycles. The van der Waals surface area contributed by atoms with Gasteiger partial charge in [-0.2, -0.15) is 0 Å². The first kappa shape index (κ1) is 22.4. The van der Waals surface area contributed by atoms with E-state index in [0.717, 1.165) is 27.7 Å². The summed E-state index contributed by atoms with van der Waals surface area (Å²) < 4.78 is 13.4. The molecular formula is C30H28N2O4. The minimum atomic E-state index is -0.675. The Morgan fingerprint density at radius 2 is 1.72 bits per heavy atom. The van der Waals surface area contributed by atoms with Gasteiger partial charge in [-0.3, -0.25) is 4.79 Å². The maximum absolute atomic E-state index is 13.9. The second kappa shape index (κ2) is 8.55. The molecule has 0 aliphatic carbocycles. The molecule has 6 heteroatoms. The van der Waals surface area contributed by atoms with Crippen LogP contribution in [0.1, 0.15) is 50.4 Å². The highest BCUT2D eigenvalue weighted by atomic mass is 16.6. The van der Waals surface area contributed by atoms with E-state index in [2.05, 4.69) is 22.8 Å². The number of amides is 1. The van der Waals surface area contributed by atoms with Crippen molar-refractivity contribution in [3.63, 3.8) is 0 Å². The lowest BCUT2D eigenvalue weighted by atomic mass is 9.83. The summed E-state index contributed by atoms with van der Waals surface area (Å²) in [4.78, 5) is 28.4. The van der Waals surface area contributed by atoms with Crippen molar-refractivity contribution in [3.05, 3.63) is 101 Å². The third-order valence-electron chi connectivity index (χ3n) is 7.71. The van der Waals surface area contributed by atoms with Crippen molar-refractivity contribution >= 4 is 22.8 Å². The van der Waals surface area contributed by atoms with Gasteiger partial charge in [0, 0.05) is 54.6 Å². The molecule has 6 rings (SSSR count). The number of hydrogen-bond donors (Lipinski definition) is 0. The average Bonchev–Trinajstić information content (AvgIpc) is 3.34. The summed E-state index contributed by atoms with van der Waals surface area (Å²) in [6, 6.07) is 24.0. The third-order valence-corrected chi connectivity index (χ3v) is 7.71. The Bertz CT molecular complexity index is 1480. The molecule has 0 N–H and O–H groups in total. The highest BCUT2D eigenvalue weighted by molar-refractivity contribution is 6.08. The van der Waals surface area contributed by atoms with E-state index in [1.165, 1.54) is 5.56 Å². The van der Waals surface area contributed by atoms with Crippen LogP contribution >= 0.6 is 0 Å². The van der Waals surface area contributed by atoms with E-state index in [0.29, 0.717) is 43.8 Å². The summed E-state index contributed by atoms with van der Waals surface area (Å²) in [5.41, 5.74) is 4.76. The molecule has 36 heavy (non-hydrogen) atoms. The molecule has 3 heterocycles. The van der Waals surface area contributed by atoms with Crippen LogP contribution in [0.25, 0.3) is 10.9 Å². The molecule has 0 radical (unpaired) electrons. The number of fused-ring (bicyclic) bond motifs is 3. The molecule has 0 unspecified atom stereocenters. The van der Waals surface area contributed by atoms with Crippen LogP contribution in [0, 0.1) is 6.92 Å². The first-order valence-corrected chi connectivity index (χ1v) is 12.3. The summed E-state index contributed by atoms with van der Waals surface area (Å²) in [7, 11) is 1.58. The quantitative estimate of drug-likeness (QED) is 0.372. The first-order chi connectivity index (χ1) is 17.5. The molecular weight excluding hydrogens is 452 g/mol. The molecule has 1 saturated heterocycles. The zero-order valence-electron chi connectivity index (χ0n) is 20.5. The van der Waals surface area contributed by atoms with E-state index in [-0.39, 0.29) is 11.9 Å². The average molecular weight is 481 g/mol. The second-order valence-electron chi connectivity index (χ2n) is 9.64. The largest absolute Gasteiger partial charge is 0.497 e. The number of benzene rings is 3. The van der Waals surface area contributed by atoms with Crippen molar-refractivity contribution in [2.75, 3.05) is 20.2 Å². The van der Waals surface area contributed by atoms with E-state index in [1.807, 2.05) is 60.4 Å². The van der Waals surface area contributed by atoms with E-state index in [9.17, 15) is 9.59 Å². The first-order valence-electron chi connectivity index (χ1n) is 12.3. The highest BCUT2D eigenvalue weighted by Gasteiger charge is 2.48. The Balaban J connectivity index is 1.29. The lowest BCUT2D eigenvalue weighted by molar-refractivity contribution is -0.0389. The molecule has 2 aliphatic rings. The number of carbonyl (C=O) groups is 2. The molecule has 6 nitrogen and oxygen atoms in total. The maximum Gasteiger partial charge on any atom is 0.339 e. The molecule has 3 aromatic carbocycles. The zero-order chi connectivity index (χ0) is 24.9. The fraction of sp³-hybridized carbons (Fsp3) is 0.267. The van der Waals surface area contributed by atoms with E-state index in [4.69, 9.17) is 9.47 Å². The van der Waals surface area contributed by atoms with E-state index < -0.39 is 5.60 Å². The molecule has 182 valence electrons. The number of rotatable bonds is 4. The number of piperidine rings is 1. The fourth-order valence-corrected chi connectivity index (χ4v) is 5.78. The van der Waals surface area contributed by atoms with Crippen LogP contribution in [-0.2, 0) is 16.9 Å². The number of hydrogen-bond acceptors (Lipinski definition) is 4. The molecule has 1 fully saturated rings. The van der Waals surface area contributed by atoms with Gasteiger partial charge in [-0.15, -0.1) is 0 Å². The van der Waals surface area contributed by atoms with Gasteiger partial charge >= 0.3 is 5.97 Å². The van der Waals surface area contributed by atoms with Crippen LogP contribution in [-0.4, -0.2) is 41.5 Å². The zero-order valence-corrected chi connectivity index (χ0v) is 20.5. The van der Waals surface area contributed by atoms with Crippen LogP contribution in [0.15, 0.2) is 72.8 Å². The maximum atomic E-state index is 13.9. The van der Waals surface area contributed by atoms with Gasteiger partial charge in [0.05, 0.1) is 18.2 Å². The lowest BCUT2D eigenvalue weighted by Crippen LogP contribution is -2.45. The van der Waals surface area contributed by atoms with E-state index >= 15 is 0 Å². The lowest BCUT2D eigenvalue weighted by Gasteiger charge is -2.38. The summed E-state index contributed by atoms with van der Waals surface area (Å²) in [5, 5.41) is 0.973. The molecule has 0 saturated carbocycles. The van der Waals surface area contributed by atoms with E-state index in [1.54, 1.807) is 13.2 Å². The Hall–Kier alpha value is -4.06. The predicted molar refractivity (Wildman–Crippen MR) is 137 cm³/mol. The predicted octanol–water partition coefficient (Wildman–Crippen LogP) is 5.31. The van der Waals surface area contributed by atoms with Crippen molar-refractivity contribution in [2.24, 2.45) is 0 Å². The SMILES string of the molecule is COc1ccc2c(c1)C(=O)OC21CCN(C(=O)c2c(C)n(Cc3ccccc3)c3ccccc23)CC1. The van der Waals surface area contributed by atoms with Crippen LogP contribution in [0.2, 0.25) is 0 Å². The van der Waals surface area contributed by atoms with Gasteiger partial charge in [-0.05, 0) is 30.7 Å². The Labute approximate surface area is 210 Å². The van der Waals surface area contributed by atoms with Crippen molar-refractivity contribution in [3.8, 4) is 5.75 Å². The second-order valence-corrected chi connectivity index (χ2v) is 9.64. The minimum absolute atomic E-state index is 0.0321. The molecule has 4 aromatic rings. The van der Waals surface area contributed by atoms with Crippen LogP contribution in [0.3, 0.4) is 0 Å². The monoisotopic (exact) mass is 480 g/mol. The van der Waals surface area contributed by atoms with Crippen LogP contribution < -0.4 is 4.74 Å². The molecule has 0 atom stereocenters. The van der Waals surface area contributed by atoms with Crippen LogP contribution in [0.5, 0.6) is 5.75 Å². The van der Waals surface area contributed by atoms with Gasteiger partial charge in [0.1, 0.15) is 11.4 Å². The van der Waals surface area contributed by atoms with Gasteiger partial charge in [-0.1, -0.05) is 54.6 Å². The molecule has 0 bridgehead atoms. The summed E-state index contributed by atoms with van der Waals surface area (Å²) in [5.74, 6) is 0.353. The standard InChI is InChI=1S/C30H28N2O4/c1-20-27(23-10-6-7-11-26(23)32(20)19-21-8-4-3-5-9-21)28(33)31-16-14-30(15-17-31)25-13-12-22(35-2)18-24(25)29(34)36-30/h3-13,18H,14-17,19H2,1-2H3. The Morgan fingerprint density at radius 1 is 1.00 bits per heavy atom. The van der Waals surface area contributed by atoms with Gasteiger partial charge in [0.25, 0.3) is 5.91 Å². The van der Waals surface area contributed by atoms with Crippen molar-refractivity contribution < 1.29 is 19.1 Å². The van der Waals surface area contributed by atoms with Crippen molar-refractivity contribution in [2.45, 2.75) is 31.9 Å². The number of nitrogens with zero attached hydrogens (tertiary/aromatic N) is 2. The van der Waals surface area contributed by atoms with Crippen molar-refractivity contribution in [1.29, 1.82) is 0 Å². The van der Waals surface area contributed by atoms with Gasteiger partial charge < -0.3 is 18.9 Å². The normalized spacial score (nSPS) is 16.3. The Morgan fingerprint density at radius 3 is 2.47 bits per heavy atom. The summed E-state index contributed by atoms with van der Waals surface area (Å²) in [6.07, 6.45) is 1.15. The minimum Gasteiger partial charge on any atom is -0.497 e. The number of esters is 1. The van der Waals surface area contributed by atoms with Crippen LogP contribution in [0.4, 0.5) is 0 Å².